The van der Waals surface area contributed by atoms with Gasteiger partial charge >= 0.3 is 0 Å². The molecule has 4 rings (SSSR count). The minimum Gasteiger partial charge on any atom is -0.324 e. The van der Waals surface area contributed by atoms with E-state index in [0.29, 0.717) is 16.8 Å². The van der Waals surface area contributed by atoms with Gasteiger partial charge in [0.1, 0.15) is 11.9 Å². The van der Waals surface area contributed by atoms with Gasteiger partial charge in [0.2, 0.25) is 5.91 Å². The second-order valence-electron chi connectivity index (χ2n) is 7.63. The molecule has 0 spiro atoms. The predicted molar refractivity (Wildman–Crippen MR) is 121 cm³/mol. The summed E-state index contributed by atoms with van der Waals surface area (Å²) >= 11 is 0. The van der Waals surface area contributed by atoms with Gasteiger partial charge in [0.15, 0.2) is 0 Å². The third kappa shape index (κ3) is 3.97. The number of fused-ring (bicyclic) bond motifs is 1. The molecule has 31 heavy (non-hydrogen) atoms. The Labute approximate surface area is 179 Å². The fourth-order valence-electron chi connectivity index (χ4n) is 3.55. The first-order chi connectivity index (χ1) is 14.8. The number of hydrogen-bond acceptors (Lipinski definition) is 3. The minimum absolute atomic E-state index is 0.341. The van der Waals surface area contributed by atoms with Crippen molar-refractivity contribution in [1.29, 1.82) is 0 Å². The highest BCUT2D eigenvalue weighted by atomic mass is 19.1. The molecule has 0 saturated carbocycles. The number of rotatable bonds is 4. The monoisotopic (exact) mass is 415 g/mol. The fraction of sp³-hybridized carbons (Fsp3) is 0.160. The van der Waals surface area contributed by atoms with Gasteiger partial charge in [-0.05, 0) is 62.7 Å². The topological polar surface area (TPSA) is 64.0 Å². The smallest absolute Gasteiger partial charge is 0.275 e. The Morgan fingerprint density at radius 3 is 2.39 bits per heavy atom. The lowest BCUT2D eigenvalue weighted by Gasteiger charge is -2.18. The Bertz CT molecular complexity index is 1340. The van der Waals surface area contributed by atoms with E-state index in [0.717, 1.165) is 22.1 Å². The molecule has 4 aromatic rings. The Balaban J connectivity index is 1.83. The molecule has 1 amide bonds. The summed E-state index contributed by atoms with van der Waals surface area (Å²) in [5.74, 6) is -0.806. The van der Waals surface area contributed by atoms with E-state index in [1.54, 1.807) is 19.1 Å². The first kappa shape index (κ1) is 20.5. The highest BCUT2D eigenvalue weighted by Crippen LogP contribution is 2.29. The van der Waals surface area contributed by atoms with Crippen molar-refractivity contribution < 1.29 is 9.18 Å². The summed E-state index contributed by atoms with van der Waals surface area (Å²) in [6.45, 7) is 5.61. The van der Waals surface area contributed by atoms with Gasteiger partial charge in [-0.3, -0.25) is 9.59 Å². The molecule has 0 bridgehead atoms. The van der Waals surface area contributed by atoms with Crippen LogP contribution in [0.1, 0.15) is 24.1 Å². The zero-order chi connectivity index (χ0) is 22.1. The zero-order valence-corrected chi connectivity index (χ0v) is 17.5. The van der Waals surface area contributed by atoms with Crippen molar-refractivity contribution in [1.82, 2.24) is 9.78 Å². The summed E-state index contributed by atoms with van der Waals surface area (Å²) in [7, 11) is 0. The largest absolute Gasteiger partial charge is 0.324 e. The quantitative estimate of drug-likeness (QED) is 0.509. The number of nitrogens with one attached hydrogen (secondary N) is 1. The number of benzene rings is 3. The van der Waals surface area contributed by atoms with Gasteiger partial charge < -0.3 is 5.32 Å². The highest BCUT2D eigenvalue weighted by molar-refractivity contribution is 5.96. The summed E-state index contributed by atoms with van der Waals surface area (Å²) < 4.78 is 14.4. The second-order valence-corrected chi connectivity index (χ2v) is 7.63. The Hall–Kier alpha value is -3.80. The molecule has 3 aromatic carbocycles. The van der Waals surface area contributed by atoms with E-state index in [2.05, 4.69) is 10.4 Å². The van der Waals surface area contributed by atoms with Crippen molar-refractivity contribution in [2.24, 2.45) is 0 Å². The standard InChI is InChI=1S/C25H22FN3O2/c1-15-8-9-16(2)22(14-15)23-20-6-4-5-7-21(20)25(31)29(28-23)17(3)24(30)27-19-12-10-18(26)11-13-19/h4-14,17H,1-3H3,(H,27,30)/t17-/m1/s1. The molecule has 6 heteroatoms. The molecule has 156 valence electrons. The maximum Gasteiger partial charge on any atom is 0.275 e. The maximum absolute atomic E-state index is 13.2. The summed E-state index contributed by atoms with van der Waals surface area (Å²) in [5.41, 5.74) is 3.77. The Morgan fingerprint density at radius 2 is 1.68 bits per heavy atom. The minimum atomic E-state index is -0.869. The second kappa shape index (κ2) is 8.14. The van der Waals surface area contributed by atoms with E-state index in [1.807, 2.05) is 44.2 Å². The molecule has 5 nitrogen and oxygen atoms in total. The van der Waals surface area contributed by atoms with Gasteiger partial charge in [-0.25, -0.2) is 9.07 Å². The van der Waals surface area contributed by atoms with E-state index in [4.69, 9.17) is 0 Å². The number of amides is 1. The van der Waals surface area contributed by atoms with Gasteiger partial charge in [-0.1, -0.05) is 35.9 Å². The number of anilines is 1. The van der Waals surface area contributed by atoms with Crippen LogP contribution in [0.4, 0.5) is 10.1 Å². The SMILES string of the molecule is Cc1ccc(C)c(-c2nn([C@H](C)C(=O)Nc3ccc(F)cc3)c(=O)c3ccccc23)c1. The van der Waals surface area contributed by atoms with Crippen LogP contribution in [0.3, 0.4) is 0 Å². The van der Waals surface area contributed by atoms with Crippen molar-refractivity contribution in [3.63, 3.8) is 0 Å². The van der Waals surface area contributed by atoms with Gasteiger partial charge in [-0.15, -0.1) is 0 Å². The number of aryl methyl sites for hydroxylation is 2. The first-order valence-electron chi connectivity index (χ1n) is 10.0. The molecule has 0 radical (unpaired) electrons. The summed E-state index contributed by atoms with van der Waals surface area (Å²) in [6.07, 6.45) is 0. The van der Waals surface area contributed by atoms with E-state index in [9.17, 15) is 14.0 Å². The van der Waals surface area contributed by atoms with Crippen molar-refractivity contribution in [3.05, 3.63) is 94.0 Å². The van der Waals surface area contributed by atoms with Crippen LogP contribution in [0.5, 0.6) is 0 Å². The number of hydrogen-bond donors (Lipinski definition) is 1. The average molecular weight is 415 g/mol. The van der Waals surface area contributed by atoms with E-state index in [1.165, 1.54) is 28.9 Å². The summed E-state index contributed by atoms with van der Waals surface area (Å²) in [4.78, 5) is 26.0. The highest BCUT2D eigenvalue weighted by Gasteiger charge is 2.21. The molecule has 1 N–H and O–H groups in total. The van der Waals surface area contributed by atoms with Gasteiger partial charge in [0.25, 0.3) is 5.56 Å². The van der Waals surface area contributed by atoms with Crippen molar-refractivity contribution in [3.8, 4) is 11.3 Å². The van der Waals surface area contributed by atoms with Crippen LogP contribution in [-0.4, -0.2) is 15.7 Å². The van der Waals surface area contributed by atoms with Crippen LogP contribution in [0, 0.1) is 19.7 Å². The molecule has 1 atom stereocenters. The lowest BCUT2D eigenvalue weighted by atomic mass is 9.99. The van der Waals surface area contributed by atoms with Gasteiger partial charge in [0, 0.05) is 16.6 Å². The van der Waals surface area contributed by atoms with Crippen LogP contribution in [0.25, 0.3) is 22.0 Å². The van der Waals surface area contributed by atoms with Crippen LogP contribution >= 0.6 is 0 Å². The number of halogens is 1. The van der Waals surface area contributed by atoms with Crippen LogP contribution in [0.2, 0.25) is 0 Å². The van der Waals surface area contributed by atoms with Crippen molar-refractivity contribution in [2.75, 3.05) is 5.32 Å². The summed E-state index contributed by atoms with van der Waals surface area (Å²) in [5, 5.41) is 8.58. The fourth-order valence-corrected chi connectivity index (χ4v) is 3.55. The lowest BCUT2D eigenvalue weighted by molar-refractivity contribution is -0.119. The van der Waals surface area contributed by atoms with Crippen molar-refractivity contribution in [2.45, 2.75) is 26.8 Å². The van der Waals surface area contributed by atoms with Crippen LogP contribution in [-0.2, 0) is 4.79 Å². The normalized spacial score (nSPS) is 12.0. The molecule has 0 aliphatic carbocycles. The van der Waals surface area contributed by atoms with E-state index >= 15 is 0 Å². The zero-order valence-electron chi connectivity index (χ0n) is 17.5. The molecule has 0 aliphatic rings. The average Bonchev–Trinajstić information content (AvgIpc) is 2.77. The molecule has 1 aromatic heterocycles. The first-order valence-corrected chi connectivity index (χ1v) is 10.0. The van der Waals surface area contributed by atoms with Crippen LogP contribution in [0.15, 0.2) is 71.5 Å². The third-order valence-electron chi connectivity index (χ3n) is 5.33. The molecule has 0 saturated heterocycles. The van der Waals surface area contributed by atoms with Crippen molar-refractivity contribution >= 4 is 22.4 Å². The number of carbonyl (C=O) groups is 1. The van der Waals surface area contributed by atoms with E-state index < -0.39 is 17.8 Å². The Morgan fingerprint density at radius 1 is 1.00 bits per heavy atom. The molecule has 1 heterocycles. The molecular weight excluding hydrogens is 393 g/mol. The number of carbonyl (C=O) groups excluding carboxylic acids is 1. The lowest BCUT2D eigenvalue weighted by Crippen LogP contribution is -2.34. The number of aromatic nitrogens is 2. The van der Waals surface area contributed by atoms with Gasteiger partial charge in [0.05, 0.1) is 11.1 Å². The van der Waals surface area contributed by atoms with Gasteiger partial charge in [-0.2, -0.15) is 5.10 Å². The molecule has 0 fully saturated rings. The molecule has 0 unspecified atom stereocenters. The third-order valence-corrected chi connectivity index (χ3v) is 5.33. The predicted octanol–water partition coefficient (Wildman–Crippen LogP) is 5.02. The number of nitrogens with zero attached hydrogens (tertiary/aromatic N) is 2. The van der Waals surface area contributed by atoms with E-state index in [-0.39, 0.29) is 5.56 Å². The molecule has 0 aliphatic heterocycles. The maximum atomic E-state index is 13.2. The summed E-state index contributed by atoms with van der Waals surface area (Å²) in [6, 6.07) is 17.9. The molecular formula is C25H22FN3O2. The van der Waals surface area contributed by atoms with Crippen LogP contribution < -0.4 is 10.9 Å². The Kier molecular flexibility index (Phi) is 5.38.